The summed E-state index contributed by atoms with van der Waals surface area (Å²) in [6, 6.07) is 10.4. The lowest BCUT2D eigenvalue weighted by atomic mass is 10.1. The third-order valence-corrected chi connectivity index (χ3v) is 8.09. The minimum absolute atomic E-state index is 0.136. The summed E-state index contributed by atoms with van der Waals surface area (Å²) >= 11 is 1.50. The molecule has 9 heteroatoms. The molecule has 1 amide bonds. The van der Waals surface area contributed by atoms with Crippen molar-refractivity contribution < 1.29 is 17.9 Å². The molecular formula is C24H29N3O4S2. The molecule has 33 heavy (non-hydrogen) atoms. The van der Waals surface area contributed by atoms with Crippen LogP contribution in [0.5, 0.6) is 0 Å². The van der Waals surface area contributed by atoms with Crippen molar-refractivity contribution in [1.82, 2.24) is 9.88 Å². The van der Waals surface area contributed by atoms with E-state index in [1.165, 1.54) is 23.5 Å². The SMILES string of the molecule is Cc1cc(C)c2sc(N(CCCN3CCOCC3)C(=O)c3cccc(S(C)(=O)=O)c3)nc2c1. The summed E-state index contributed by atoms with van der Waals surface area (Å²) in [5.41, 5.74) is 3.48. The minimum Gasteiger partial charge on any atom is -0.379 e. The molecule has 0 aliphatic carbocycles. The highest BCUT2D eigenvalue weighted by Crippen LogP contribution is 2.33. The smallest absolute Gasteiger partial charge is 0.260 e. The summed E-state index contributed by atoms with van der Waals surface area (Å²) in [5, 5.41) is 0.635. The maximum Gasteiger partial charge on any atom is 0.260 e. The number of carbonyl (C=O) groups excluding carboxylic acids is 1. The van der Waals surface area contributed by atoms with Gasteiger partial charge in [0.25, 0.3) is 5.91 Å². The van der Waals surface area contributed by atoms with Crippen LogP contribution in [0.4, 0.5) is 5.13 Å². The lowest BCUT2D eigenvalue weighted by molar-refractivity contribution is 0.0376. The molecular weight excluding hydrogens is 458 g/mol. The quantitative estimate of drug-likeness (QED) is 0.506. The third-order valence-electron chi connectivity index (χ3n) is 5.75. The van der Waals surface area contributed by atoms with Crippen molar-refractivity contribution in [3.8, 4) is 0 Å². The Balaban J connectivity index is 1.65. The molecule has 0 N–H and O–H groups in total. The van der Waals surface area contributed by atoms with Crippen LogP contribution in [-0.2, 0) is 14.6 Å². The van der Waals surface area contributed by atoms with Crippen LogP contribution in [-0.4, -0.2) is 69.9 Å². The topological polar surface area (TPSA) is 79.8 Å². The fraction of sp³-hybridized carbons (Fsp3) is 0.417. The number of anilines is 1. The number of morpholine rings is 1. The van der Waals surface area contributed by atoms with E-state index in [0.29, 0.717) is 17.2 Å². The van der Waals surface area contributed by atoms with Gasteiger partial charge in [-0.2, -0.15) is 0 Å². The maximum atomic E-state index is 13.6. The second kappa shape index (κ2) is 9.89. The first kappa shape index (κ1) is 23.8. The van der Waals surface area contributed by atoms with E-state index in [2.05, 4.69) is 17.9 Å². The van der Waals surface area contributed by atoms with Crippen molar-refractivity contribution in [3.63, 3.8) is 0 Å². The van der Waals surface area contributed by atoms with Crippen molar-refractivity contribution in [3.05, 3.63) is 53.1 Å². The number of nitrogens with zero attached hydrogens (tertiary/aromatic N) is 3. The number of benzene rings is 2. The van der Waals surface area contributed by atoms with E-state index in [0.717, 1.165) is 66.9 Å². The van der Waals surface area contributed by atoms with E-state index >= 15 is 0 Å². The van der Waals surface area contributed by atoms with Crippen LogP contribution in [0.3, 0.4) is 0 Å². The molecule has 176 valence electrons. The second-order valence-corrected chi connectivity index (χ2v) is 11.5. The molecule has 2 aromatic carbocycles. The Morgan fingerprint density at radius 2 is 1.94 bits per heavy atom. The maximum absolute atomic E-state index is 13.6. The fourth-order valence-corrected chi connectivity index (χ4v) is 5.76. The van der Waals surface area contributed by atoms with E-state index in [1.807, 2.05) is 13.0 Å². The third kappa shape index (κ3) is 5.60. The van der Waals surface area contributed by atoms with Crippen LogP contribution in [0.25, 0.3) is 10.2 Å². The predicted molar refractivity (Wildman–Crippen MR) is 132 cm³/mol. The molecule has 0 bridgehead atoms. The van der Waals surface area contributed by atoms with Gasteiger partial charge in [-0.25, -0.2) is 13.4 Å². The van der Waals surface area contributed by atoms with Crippen LogP contribution < -0.4 is 4.90 Å². The summed E-state index contributed by atoms with van der Waals surface area (Å²) in [6.07, 6.45) is 1.93. The Bertz CT molecular complexity index is 1260. The van der Waals surface area contributed by atoms with Gasteiger partial charge < -0.3 is 4.74 Å². The number of aromatic nitrogens is 1. The Kier molecular flexibility index (Phi) is 7.13. The lowest BCUT2D eigenvalue weighted by Crippen LogP contribution is -2.39. The molecule has 0 unspecified atom stereocenters. The zero-order valence-electron chi connectivity index (χ0n) is 19.2. The van der Waals surface area contributed by atoms with E-state index in [9.17, 15) is 13.2 Å². The van der Waals surface area contributed by atoms with Gasteiger partial charge in [-0.05, 0) is 55.7 Å². The van der Waals surface area contributed by atoms with Crippen molar-refractivity contribution in [2.75, 3.05) is 50.5 Å². The highest BCUT2D eigenvalue weighted by molar-refractivity contribution is 7.90. The molecule has 0 saturated carbocycles. The van der Waals surface area contributed by atoms with E-state index in [-0.39, 0.29) is 10.8 Å². The number of fused-ring (bicyclic) bond motifs is 1. The Labute approximate surface area is 198 Å². The molecule has 0 radical (unpaired) electrons. The van der Waals surface area contributed by atoms with E-state index in [4.69, 9.17) is 9.72 Å². The summed E-state index contributed by atoms with van der Waals surface area (Å²) < 4.78 is 30.5. The van der Waals surface area contributed by atoms with Crippen LogP contribution in [0.15, 0.2) is 41.3 Å². The first-order chi connectivity index (χ1) is 15.7. The normalized spacial score (nSPS) is 15.1. The zero-order valence-corrected chi connectivity index (χ0v) is 20.8. The number of sulfone groups is 1. The average Bonchev–Trinajstić information content (AvgIpc) is 3.20. The summed E-state index contributed by atoms with van der Waals surface area (Å²) in [7, 11) is -3.41. The largest absolute Gasteiger partial charge is 0.379 e. The number of amides is 1. The molecule has 1 aliphatic rings. The van der Waals surface area contributed by atoms with Crippen LogP contribution in [0.2, 0.25) is 0 Å². The molecule has 3 aromatic rings. The van der Waals surface area contributed by atoms with Crippen LogP contribution >= 0.6 is 11.3 Å². The minimum atomic E-state index is -3.41. The number of thiazole rings is 1. The lowest BCUT2D eigenvalue weighted by Gasteiger charge is -2.27. The number of aryl methyl sites for hydroxylation is 2. The van der Waals surface area contributed by atoms with Crippen molar-refractivity contribution >= 4 is 42.4 Å². The van der Waals surface area contributed by atoms with Crippen LogP contribution in [0, 0.1) is 13.8 Å². The molecule has 1 saturated heterocycles. The van der Waals surface area contributed by atoms with E-state index < -0.39 is 9.84 Å². The van der Waals surface area contributed by atoms with E-state index in [1.54, 1.807) is 17.0 Å². The highest BCUT2D eigenvalue weighted by Gasteiger charge is 2.23. The first-order valence-electron chi connectivity index (χ1n) is 11.0. The van der Waals surface area contributed by atoms with Gasteiger partial charge in [-0.3, -0.25) is 14.6 Å². The Hall–Kier alpha value is -2.33. The first-order valence-corrected chi connectivity index (χ1v) is 13.7. The molecule has 2 heterocycles. The summed E-state index contributed by atoms with van der Waals surface area (Å²) in [5.74, 6) is -0.240. The second-order valence-electron chi connectivity index (χ2n) is 8.49. The Morgan fingerprint density at radius 3 is 2.67 bits per heavy atom. The highest BCUT2D eigenvalue weighted by atomic mass is 32.2. The number of carbonyl (C=O) groups is 1. The molecule has 4 rings (SSSR count). The van der Waals surface area contributed by atoms with Crippen molar-refractivity contribution in [2.45, 2.75) is 25.2 Å². The number of ether oxygens (including phenoxy) is 1. The molecule has 1 fully saturated rings. The van der Waals surface area contributed by atoms with Gasteiger partial charge in [0.1, 0.15) is 0 Å². The monoisotopic (exact) mass is 487 g/mol. The average molecular weight is 488 g/mol. The zero-order chi connectivity index (χ0) is 23.6. The van der Waals surface area contributed by atoms with Crippen LogP contribution in [0.1, 0.15) is 27.9 Å². The molecule has 7 nitrogen and oxygen atoms in total. The van der Waals surface area contributed by atoms with Crippen molar-refractivity contribution in [2.24, 2.45) is 0 Å². The standard InChI is InChI=1S/C24H29N3O4S2/c1-17-14-18(2)22-21(15-17)25-24(32-22)27(9-5-8-26-10-12-31-13-11-26)23(28)19-6-4-7-20(16-19)33(3,29)30/h4,6-7,14-16H,5,8-13H2,1-3H3. The van der Waals surface area contributed by atoms with Gasteiger partial charge in [0.05, 0.1) is 28.3 Å². The number of rotatable bonds is 7. The van der Waals surface area contributed by atoms with Gasteiger partial charge in [-0.15, -0.1) is 0 Å². The predicted octanol–water partition coefficient (Wildman–Crippen LogP) is 3.69. The number of hydrogen-bond acceptors (Lipinski definition) is 7. The Morgan fingerprint density at radius 1 is 1.18 bits per heavy atom. The van der Waals surface area contributed by atoms with Gasteiger partial charge in [0, 0.05) is 38.0 Å². The van der Waals surface area contributed by atoms with Crippen molar-refractivity contribution in [1.29, 1.82) is 0 Å². The summed E-state index contributed by atoms with van der Waals surface area (Å²) in [4.78, 5) is 22.6. The van der Waals surface area contributed by atoms with Gasteiger partial charge in [0.2, 0.25) is 0 Å². The molecule has 1 aromatic heterocycles. The molecule has 0 spiro atoms. The molecule has 1 aliphatic heterocycles. The fourth-order valence-electron chi connectivity index (χ4n) is 4.06. The molecule has 0 atom stereocenters. The summed E-state index contributed by atoms with van der Waals surface area (Å²) in [6.45, 7) is 8.70. The van der Waals surface area contributed by atoms with Gasteiger partial charge in [0.15, 0.2) is 15.0 Å². The number of hydrogen-bond donors (Lipinski definition) is 0. The van der Waals surface area contributed by atoms with Gasteiger partial charge in [-0.1, -0.05) is 23.5 Å². The van der Waals surface area contributed by atoms with Gasteiger partial charge >= 0.3 is 0 Å².